The van der Waals surface area contributed by atoms with E-state index in [-0.39, 0.29) is 17.4 Å². The van der Waals surface area contributed by atoms with Crippen LogP contribution >= 0.6 is 0 Å². The van der Waals surface area contributed by atoms with Crippen LogP contribution in [0, 0.1) is 0 Å². The smallest absolute Gasteiger partial charge is 0.615 e. The first-order valence-corrected chi connectivity index (χ1v) is 0.866. The van der Waals surface area contributed by atoms with E-state index in [4.69, 9.17) is 17.5 Å². The standard InChI is InChI=1S/Cr.3H3N2/c;3*1-2/h;3*1H,2H2/q+3;3*-1. The van der Waals surface area contributed by atoms with E-state index >= 15 is 0 Å². The summed E-state index contributed by atoms with van der Waals surface area (Å²) in [6.45, 7) is 0. The van der Waals surface area contributed by atoms with Crippen molar-refractivity contribution in [3.05, 3.63) is 17.5 Å². The van der Waals surface area contributed by atoms with Gasteiger partial charge in [0.05, 0.1) is 0 Å². The molecule has 0 aromatic carbocycles. The Kier molecular flexibility index (Phi) is 7840. The molecule has 0 rings (SSSR count). The van der Waals surface area contributed by atoms with Crippen LogP contribution in [0.5, 0.6) is 0 Å². The van der Waals surface area contributed by atoms with Gasteiger partial charge >= 0.3 is 17.4 Å². The molecule has 1 radical (unpaired) electrons. The molecule has 0 aliphatic carbocycles. The Morgan fingerprint density at radius 1 is 0.571 bits per heavy atom. The Balaban J connectivity index is -0.00000000900. The van der Waals surface area contributed by atoms with Gasteiger partial charge in [-0.1, -0.05) is 0 Å². The molecular formula is H9CrN6. The molecule has 45 valence electrons. The van der Waals surface area contributed by atoms with Crippen LogP contribution in [0.2, 0.25) is 0 Å². The molecule has 0 bridgehead atoms. The maximum Gasteiger partial charge on any atom is 3.00 e. The molecule has 0 saturated carbocycles. The zero-order valence-corrected chi connectivity index (χ0v) is 4.92. The Morgan fingerprint density at radius 3 is 0.571 bits per heavy atom. The van der Waals surface area contributed by atoms with Crippen LogP contribution in [0.4, 0.5) is 0 Å². The van der Waals surface area contributed by atoms with Crippen molar-refractivity contribution in [2.75, 3.05) is 0 Å². The van der Waals surface area contributed by atoms with Gasteiger partial charge in [0.2, 0.25) is 0 Å². The summed E-state index contributed by atoms with van der Waals surface area (Å²) < 4.78 is 0. The molecule has 0 aliphatic rings. The van der Waals surface area contributed by atoms with Crippen molar-refractivity contribution in [2.45, 2.75) is 0 Å². The normalized spacial score (nSPS) is 2.57. The second-order valence-corrected chi connectivity index (χ2v) is 0. The van der Waals surface area contributed by atoms with E-state index in [1.807, 2.05) is 0 Å². The summed E-state index contributed by atoms with van der Waals surface area (Å²) in [4.78, 5) is 0. The molecule has 7 heteroatoms. The number of nitrogens with two attached hydrogens (primary N) is 3. The SMILES string of the molecule is [Cr+3].[NH-]N.[NH-]N.[NH-]N. The maximum absolute atomic E-state index is 5.25. The van der Waals surface area contributed by atoms with Crippen LogP contribution in [0.25, 0.3) is 17.5 Å². The third kappa shape index (κ3) is 1360. The topological polar surface area (TPSA) is 149 Å². The monoisotopic (exact) mass is 145 g/mol. The summed E-state index contributed by atoms with van der Waals surface area (Å²) in [7, 11) is 0. The van der Waals surface area contributed by atoms with Crippen molar-refractivity contribution in [3.8, 4) is 0 Å². The maximum atomic E-state index is 5.25. The third-order valence-electron chi connectivity index (χ3n) is 0. The van der Waals surface area contributed by atoms with Crippen LogP contribution in [0.3, 0.4) is 0 Å². The van der Waals surface area contributed by atoms with Crippen molar-refractivity contribution in [2.24, 2.45) is 17.5 Å². The minimum absolute atomic E-state index is 0. The molecule has 0 spiro atoms. The second kappa shape index (κ2) is 2060. The van der Waals surface area contributed by atoms with E-state index in [1.165, 1.54) is 0 Å². The van der Waals surface area contributed by atoms with Gasteiger partial charge in [-0.3, -0.25) is 0 Å². The van der Waals surface area contributed by atoms with Gasteiger partial charge in [-0.05, 0) is 0 Å². The quantitative estimate of drug-likeness (QED) is 0.318. The summed E-state index contributed by atoms with van der Waals surface area (Å²) in [6, 6.07) is 0. The van der Waals surface area contributed by atoms with Crippen molar-refractivity contribution >= 4 is 0 Å². The van der Waals surface area contributed by atoms with Gasteiger partial charge in [-0.15, -0.1) is 0 Å². The minimum Gasteiger partial charge on any atom is -0.615 e. The summed E-state index contributed by atoms with van der Waals surface area (Å²) in [6.07, 6.45) is 0. The van der Waals surface area contributed by atoms with Crippen molar-refractivity contribution in [3.63, 3.8) is 0 Å². The van der Waals surface area contributed by atoms with Crippen LogP contribution in [0.15, 0.2) is 0 Å². The van der Waals surface area contributed by atoms with Crippen LogP contribution in [-0.4, -0.2) is 0 Å². The second-order valence-electron chi connectivity index (χ2n) is 0. The van der Waals surface area contributed by atoms with E-state index < -0.39 is 0 Å². The number of rotatable bonds is 0. The molecule has 0 unspecified atom stereocenters. The molecule has 0 amide bonds. The molecule has 0 fully saturated rings. The average molecular weight is 145 g/mol. The number of hydrogen-bond acceptors (Lipinski definition) is 3. The van der Waals surface area contributed by atoms with Gasteiger partial charge in [-0.2, -0.15) is 0 Å². The summed E-state index contributed by atoms with van der Waals surface area (Å²) in [5.41, 5.74) is 0. The van der Waals surface area contributed by atoms with Crippen molar-refractivity contribution in [1.82, 2.24) is 0 Å². The third-order valence-corrected chi connectivity index (χ3v) is 0. The Labute approximate surface area is 53.2 Å². The molecule has 0 heterocycles. The Morgan fingerprint density at radius 2 is 0.571 bits per heavy atom. The zero-order chi connectivity index (χ0) is 6.00. The molecular weight excluding hydrogens is 136 g/mol. The minimum atomic E-state index is 0. The van der Waals surface area contributed by atoms with E-state index in [9.17, 15) is 0 Å². The first kappa shape index (κ1) is 26.6. The van der Waals surface area contributed by atoms with Gasteiger partial charge in [-0.25, -0.2) is 0 Å². The molecule has 0 aromatic heterocycles. The molecule has 0 atom stereocenters. The summed E-state index contributed by atoms with van der Waals surface area (Å²) >= 11 is 0. The van der Waals surface area contributed by atoms with Gasteiger partial charge in [0.1, 0.15) is 0 Å². The Bertz CT molecular complexity index is 4.14. The van der Waals surface area contributed by atoms with Gasteiger partial charge in [0.25, 0.3) is 0 Å². The fraction of sp³-hybridized carbons (Fsp3) is 0. The van der Waals surface area contributed by atoms with Crippen LogP contribution in [0.1, 0.15) is 0 Å². The van der Waals surface area contributed by atoms with Crippen LogP contribution in [-0.2, 0) is 17.4 Å². The van der Waals surface area contributed by atoms with E-state index in [0.717, 1.165) is 0 Å². The molecule has 0 aromatic rings. The zero-order valence-electron chi connectivity index (χ0n) is 3.64. The summed E-state index contributed by atoms with van der Waals surface area (Å²) in [5.74, 6) is 27.0. The van der Waals surface area contributed by atoms with Crippen molar-refractivity contribution < 1.29 is 17.4 Å². The van der Waals surface area contributed by atoms with Gasteiger partial charge < -0.3 is 35.1 Å². The molecule has 6 nitrogen and oxygen atoms in total. The number of hydrogen-bond donors (Lipinski definition) is 3. The average Bonchev–Trinajstić information content (AvgIpc) is 1.81. The molecule has 9 N–H and O–H groups in total. The Hall–Kier alpha value is 0.292. The first-order valence-electron chi connectivity index (χ1n) is 0.866. The molecule has 0 aliphatic heterocycles. The van der Waals surface area contributed by atoms with E-state index in [1.54, 1.807) is 0 Å². The van der Waals surface area contributed by atoms with E-state index in [2.05, 4.69) is 17.5 Å². The van der Waals surface area contributed by atoms with Crippen molar-refractivity contribution in [1.29, 1.82) is 0 Å². The van der Waals surface area contributed by atoms with Gasteiger partial charge in [0, 0.05) is 0 Å². The molecule has 7 heavy (non-hydrogen) atoms. The largest absolute Gasteiger partial charge is 3.00 e. The molecule has 0 saturated heterocycles. The predicted molar refractivity (Wildman–Crippen MR) is 25.5 cm³/mol. The van der Waals surface area contributed by atoms with E-state index in [0.29, 0.717) is 0 Å². The fourth-order valence-corrected chi connectivity index (χ4v) is 0. The predicted octanol–water partition coefficient (Wildman–Crippen LogP) is -0.266. The summed E-state index contributed by atoms with van der Waals surface area (Å²) in [5, 5.41) is 0. The fourth-order valence-electron chi connectivity index (χ4n) is 0. The number of nitrogens with one attached hydrogen (secondary N) is 3. The van der Waals surface area contributed by atoms with Gasteiger partial charge in [0.15, 0.2) is 0 Å². The van der Waals surface area contributed by atoms with Crippen LogP contribution < -0.4 is 17.5 Å². The first-order chi connectivity index (χ1) is 3.00.